The van der Waals surface area contributed by atoms with E-state index in [0.29, 0.717) is 0 Å². The summed E-state index contributed by atoms with van der Waals surface area (Å²) in [6.07, 6.45) is -0.449. The number of aliphatic hydroxyl groups excluding tert-OH is 1. The van der Waals surface area contributed by atoms with Crippen LogP contribution in [0, 0.1) is 6.92 Å². The van der Waals surface area contributed by atoms with Gasteiger partial charge in [-0.3, -0.25) is 0 Å². The second-order valence-corrected chi connectivity index (χ2v) is 5.82. The molecule has 2 nitrogen and oxygen atoms in total. The molecule has 0 fully saturated rings. The van der Waals surface area contributed by atoms with E-state index in [1.165, 1.54) is 11.3 Å². The molecule has 0 saturated heterocycles. The standard InChI is InChI=1S/C17H20BrNO/c1-4-19(15-8-5-12(2)6-9-15)17-10-7-14(13(3)20)11-16(17)18/h5-11,13,20H,4H2,1-3H3/t13-/m1/s1. The van der Waals surface area contributed by atoms with Gasteiger partial charge in [-0.25, -0.2) is 0 Å². The van der Waals surface area contributed by atoms with Crippen LogP contribution in [-0.2, 0) is 0 Å². The lowest BCUT2D eigenvalue weighted by Crippen LogP contribution is -2.16. The largest absolute Gasteiger partial charge is 0.389 e. The highest BCUT2D eigenvalue weighted by atomic mass is 79.9. The first kappa shape index (κ1) is 15.1. The van der Waals surface area contributed by atoms with E-state index >= 15 is 0 Å². The Hall–Kier alpha value is -1.32. The molecule has 3 heteroatoms. The quantitative estimate of drug-likeness (QED) is 0.853. The molecule has 0 radical (unpaired) electrons. The summed E-state index contributed by atoms with van der Waals surface area (Å²) < 4.78 is 0.998. The van der Waals surface area contributed by atoms with E-state index in [-0.39, 0.29) is 0 Å². The fourth-order valence-corrected chi connectivity index (χ4v) is 2.83. The molecule has 0 spiro atoms. The van der Waals surface area contributed by atoms with Gasteiger partial charge in [-0.2, -0.15) is 0 Å². The monoisotopic (exact) mass is 333 g/mol. The van der Waals surface area contributed by atoms with Crippen LogP contribution in [0.2, 0.25) is 0 Å². The predicted molar refractivity (Wildman–Crippen MR) is 88.6 cm³/mol. The highest BCUT2D eigenvalue weighted by molar-refractivity contribution is 9.10. The number of anilines is 2. The third-order valence-electron chi connectivity index (χ3n) is 3.41. The first-order valence-electron chi connectivity index (χ1n) is 6.84. The third kappa shape index (κ3) is 3.22. The van der Waals surface area contributed by atoms with Crippen molar-refractivity contribution in [3.05, 3.63) is 58.1 Å². The Morgan fingerprint density at radius 2 is 1.80 bits per heavy atom. The molecular formula is C17H20BrNO. The van der Waals surface area contributed by atoms with Gasteiger partial charge in [-0.05, 0) is 66.5 Å². The summed E-state index contributed by atoms with van der Waals surface area (Å²) in [5, 5.41) is 9.65. The van der Waals surface area contributed by atoms with Crippen LogP contribution in [-0.4, -0.2) is 11.7 Å². The summed E-state index contributed by atoms with van der Waals surface area (Å²) in [5.41, 5.74) is 4.46. The lowest BCUT2D eigenvalue weighted by Gasteiger charge is -2.25. The number of halogens is 1. The topological polar surface area (TPSA) is 23.5 Å². The molecule has 106 valence electrons. The van der Waals surface area contributed by atoms with E-state index in [9.17, 15) is 5.11 Å². The van der Waals surface area contributed by atoms with E-state index in [0.717, 1.165) is 22.3 Å². The molecule has 2 aromatic carbocycles. The Morgan fingerprint density at radius 1 is 1.15 bits per heavy atom. The average molecular weight is 334 g/mol. The average Bonchev–Trinajstić information content (AvgIpc) is 2.43. The molecule has 0 saturated carbocycles. The molecule has 2 aromatic rings. The molecule has 0 aromatic heterocycles. The van der Waals surface area contributed by atoms with Gasteiger partial charge in [0, 0.05) is 16.7 Å². The maximum absolute atomic E-state index is 9.65. The third-order valence-corrected chi connectivity index (χ3v) is 4.04. The van der Waals surface area contributed by atoms with Crippen LogP contribution in [0.25, 0.3) is 0 Å². The fraction of sp³-hybridized carbons (Fsp3) is 0.294. The normalized spacial score (nSPS) is 12.2. The smallest absolute Gasteiger partial charge is 0.0762 e. The molecular weight excluding hydrogens is 314 g/mol. The molecule has 2 rings (SSSR count). The van der Waals surface area contributed by atoms with Crippen molar-refractivity contribution in [2.45, 2.75) is 26.9 Å². The predicted octanol–water partition coefficient (Wildman–Crippen LogP) is 4.97. The summed E-state index contributed by atoms with van der Waals surface area (Å²) in [4.78, 5) is 2.25. The second-order valence-electron chi connectivity index (χ2n) is 4.97. The molecule has 0 bridgehead atoms. The Bertz CT molecular complexity index is 578. The minimum Gasteiger partial charge on any atom is -0.389 e. The molecule has 1 N–H and O–H groups in total. The van der Waals surface area contributed by atoms with Crippen molar-refractivity contribution in [2.75, 3.05) is 11.4 Å². The molecule has 0 unspecified atom stereocenters. The highest BCUT2D eigenvalue weighted by Gasteiger charge is 2.12. The number of nitrogens with zero attached hydrogens (tertiary/aromatic N) is 1. The lowest BCUT2D eigenvalue weighted by molar-refractivity contribution is 0.199. The summed E-state index contributed by atoms with van der Waals surface area (Å²) >= 11 is 3.62. The zero-order chi connectivity index (χ0) is 14.7. The summed E-state index contributed by atoms with van der Waals surface area (Å²) in [5.74, 6) is 0. The van der Waals surface area contributed by atoms with Crippen LogP contribution in [0.15, 0.2) is 46.9 Å². The van der Waals surface area contributed by atoms with Crippen molar-refractivity contribution in [1.82, 2.24) is 0 Å². The van der Waals surface area contributed by atoms with Crippen LogP contribution in [0.3, 0.4) is 0 Å². The summed E-state index contributed by atoms with van der Waals surface area (Å²) in [6.45, 7) is 6.89. The van der Waals surface area contributed by atoms with Crippen LogP contribution >= 0.6 is 15.9 Å². The van der Waals surface area contributed by atoms with Crippen molar-refractivity contribution in [2.24, 2.45) is 0 Å². The van der Waals surface area contributed by atoms with Crippen LogP contribution in [0.4, 0.5) is 11.4 Å². The van der Waals surface area contributed by atoms with E-state index in [1.807, 2.05) is 12.1 Å². The Labute approximate surface area is 129 Å². The SMILES string of the molecule is CCN(c1ccc(C)cc1)c1ccc([C@@H](C)O)cc1Br. The van der Waals surface area contributed by atoms with Gasteiger partial charge < -0.3 is 10.0 Å². The van der Waals surface area contributed by atoms with Gasteiger partial charge in [0.05, 0.1) is 11.8 Å². The zero-order valence-electron chi connectivity index (χ0n) is 12.1. The molecule has 0 aliphatic rings. The van der Waals surface area contributed by atoms with Crippen LogP contribution in [0.5, 0.6) is 0 Å². The number of hydrogen-bond acceptors (Lipinski definition) is 2. The Balaban J connectivity index is 2.39. The second kappa shape index (κ2) is 6.42. The van der Waals surface area contributed by atoms with Gasteiger partial charge in [0.2, 0.25) is 0 Å². The number of benzene rings is 2. The van der Waals surface area contributed by atoms with Crippen LogP contribution in [0.1, 0.15) is 31.1 Å². The van der Waals surface area contributed by atoms with Gasteiger partial charge >= 0.3 is 0 Å². The van der Waals surface area contributed by atoms with Crippen molar-refractivity contribution in [3.63, 3.8) is 0 Å². The Morgan fingerprint density at radius 3 is 2.30 bits per heavy atom. The first-order valence-corrected chi connectivity index (χ1v) is 7.64. The van der Waals surface area contributed by atoms with Crippen LogP contribution < -0.4 is 4.90 Å². The summed E-state index contributed by atoms with van der Waals surface area (Å²) in [6, 6.07) is 14.5. The Kier molecular flexibility index (Phi) is 4.84. The molecule has 1 atom stereocenters. The molecule has 0 aliphatic carbocycles. The lowest BCUT2D eigenvalue weighted by atomic mass is 10.1. The van der Waals surface area contributed by atoms with Gasteiger partial charge in [-0.15, -0.1) is 0 Å². The minimum absolute atomic E-state index is 0.449. The molecule has 0 heterocycles. The van der Waals surface area contributed by atoms with E-state index in [2.05, 4.69) is 65.0 Å². The minimum atomic E-state index is -0.449. The molecule has 0 amide bonds. The fourth-order valence-electron chi connectivity index (χ4n) is 2.22. The number of aryl methyl sites for hydroxylation is 1. The van der Waals surface area contributed by atoms with Crippen molar-refractivity contribution >= 4 is 27.3 Å². The van der Waals surface area contributed by atoms with Crippen molar-refractivity contribution < 1.29 is 5.11 Å². The number of hydrogen-bond donors (Lipinski definition) is 1. The zero-order valence-corrected chi connectivity index (χ0v) is 13.7. The van der Waals surface area contributed by atoms with Gasteiger partial charge in [-0.1, -0.05) is 23.8 Å². The maximum Gasteiger partial charge on any atom is 0.0762 e. The van der Waals surface area contributed by atoms with E-state index in [1.54, 1.807) is 6.92 Å². The van der Waals surface area contributed by atoms with Crippen molar-refractivity contribution in [1.29, 1.82) is 0 Å². The number of aliphatic hydroxyl groups is 1. The van der Waals surface area contributed by atoms with E-state index in [4.69, 9.17) is 0 Å². The maximum atomic E-state index is 9.65. The van der Waals surface area contributed by atoms with E-state index < -0.39 is 6.10 Å². The molecule has 0 aliphatic heterocycles. The highest BCUT2D eigenvalue weighted by Crippen LogP contribution is 2.34. The van der Waals surface area contributed by atoms with Crippen molar-refractivity contribution in [3.8, 4) is 0 Å². The number of rotatable bonds is 4. The van der Waals surface area contributed by atoms with Gasteiger partial charge in [0.25, 0.3) is 0 Å². The summed E-state index contributed by atoms with van der Waals surface area (Å²) in [7, 11) is 0. The van der Waals surface area contributed by atoms with Gasteiger partial charge in [0.1, 0.15) is 0 Å². The first-order chi connectivity index (χ1) is 9.52. The van der Waals surface area contributed by atoms with Gasteiger partial charge in [0.15, 0.2) is 0 Å². The molecule has 20 heavy (non-hydrogen) atoms.